The molecule has 3 rings (SSSR count). The zero-order valence-electron chi connectivity index (χ0n) is 10.1. The van der Waals surface area contributed by atoms with E-state index in [2.05, 4.69) is 17.1 Å². The lowest BCUT2D eigenvalue weighted by molar-refractivity contribution is 0.359. The zero-order valence-corrected chi connectivity index (χ0v) is 10.8. The van der Waals surface area contributed by atoms with Crippen LogP contribution >= 0.6 is 11.6 Å². The van der Waals surface area contributed by atoms with Gasteiger partial charge in [0.1, 0.15) is 6.04 Å². The first-order valence-electron chi connectivity index (χ1n) is 5.94. The summed E-state index contributed by atoms with van der Waals surface area (Å²) in [5, 5.41) is 4.63. The summed E-state index contributed by atoms with van der Waals surface area (Å²) in [6.45, 7) is 2.13. The summed E-state index contributed by atoms with van der Waals surface area (Å²) in [5.41, 5.74) is 7.00. The van der Waals surface area contributed by atoms with Crippen molar-refractivity contribution in [2.45, 2.75) is 31.2 Å². The van der Waals surface area contributed by atoms with E-state index in [9.17, 15) is 0 Å². The van der Waals surface area contributed by atoms with E-state index in [0.29, 0.717) is 10.9 Å². The van der Waals surface area contributed by atoms with Gasteiger partial charge in [0.25, 0.3) is 0 Å². The molecule has 94 valence electrons. The van der Waals surface area contributed by atoms with Crippen LogP contribution in [0.25, 0.3) is 0 Å². The average Bonchev–Trinajstić information content (AvgIpc) is 2.94. The molecule has 1 aliphatic rings. The smallest absolute Gasteiger partial charge is 0.248 e. The van der Waals surface area contributed by atoms with Crippen LogP contribution in [0.4, 0.5) is 0 Å². The molecule has 0 bridgehead atoms. The first kappa shape index (κ1) is 11.7. The maximum absolute atomic E-state index is 6.11. The van der Waals surface area contributed by atoms with Gasteiger partial charge in [-0.2, -0.15) is 4.98 Å². The Morgan fingerprint density at radius 2 is 2.11 bits per heavy atom. The number of nitrogens with zero attached hydrogens (tertiary/aromatic N) is 2. The Morgan fingerprint density at radius 1 is 1.39 bits per heavy atom. The highest BCUT2D eigenvalue weighted by molar-refractivity contribution is 6.31. The second kappa shape index (κ2) is 4.07. The van der Waals surface area contributed by atoms with Crippen LogP contribution in [-0.2, 0) is 5.41 Å². The summed E-state index contributed by atoms with van der Waals surface area (Å²) in [6.07, 6.45) is 2.21. The van der Waals surface area contributed by atoms with Gasteiger partial charge in [0.2, 0.25) is 5.89 Å². The lowest BCUT2D eigenvalue weighted by Gasteiger charge is -2.08. The van der Waals surface area contributed by atoms with Crippen LogP contribution in [0.15, 0.2) is 28.8 Å². The highest BCUT2D eigenvalue weighted by Crippen LogP contribution is 2.46. The molecule has 0 saturated heterocycles. The maximum atomic E-state index is 6.11. The fourth-order valence-electron chi connectivity index (χ4n) is 1.88. The van der Waals surface area contributed by atoms with E-state index in [1.54, 1.807) is 6.07 Å². The first-order valence-corrected chi connectivity index (χ1v) is 6.32. The molecule has 0 aliphatic heterocycles. The Kier molecular flexibility index (Phi) is 2.64. The number of hydrogen-bond donors (Lipinski definition) is 1. The van der Waals surface area contributed by atoms with Gasteiger partial charge in [-0.05, 0) is 24.5 Å². The Balaban J connectivity index is 1.91. The van der Waals surface area contributed by atoms with Crippen molar-refractivity contribution in [3.63, 3.8) is 0 Å². The molecule has 0 radical (unpaired) electrons. The van der Waals surface area contributed by atoms with Crippen molar-refractivity contribution in [1.82, 2.24) is 10.1 Å². The van der Waals surface area contributed by atoms with Gasteiger partial charge in [-0.15, -0.1) is 0 Å². The van der Waals surface area contributed by atoms with Gasteiger partial charge >= 0.3 is 0 Å². The largest absolute Gasteiger partial charge is 0.337 e. The SMILES string of the molecule is CC1(c2noc([C@H](N)c3ccccc3Cl)n2)CC1. The third kappa shape index (κ3) is 1.91. The summed E-state index contributed by atoms with van der Waals surface area (Å²) >= 11 is 6.11. The molecule has 1 aromatic heterocycles. The minimum atomic E-state index is -0.470. The van der Waals surface area contributed by atoms with Crippen molar-refractivity contribution < 1.29 is 4.52 Å². The van der Waals surface area contributed by atoms with Crippen LogP contribution in [0.5, 0.6) is 0 Å². The molecule has 4 nitrogen and oxygen atoms in total. The first-order chi connectivity index (χ1) is 8.60. The minimum Gasteiger partial charge on any atom is -0.337 e. The topological polar surface area (TPSA) is 64.9 Å². The molecule has 0 unspecified atom stereocenters. The number of rotatable bonds is 3. The lowest BCUT2D eigenvalue weighted by atomic mass is 10.1. The molecule has 1 heterocycles. The van der Waals surface area contributed by atoms with Crippen molar-refractivity contribution in [2.24, 2.45) is 5.73 Å². The number of nitrogens with two attached hydrogens (primary N) is 1. The second-order valence-corrected chi connectivity index (χ2v) is 5.42. The molecule has 1 fully saturated rings. The second-order valence-electron chi connectivity index (χ2n) is 5.02. The van der Waals surface area contributed by atoms with Gasteiger partial charge in [-0.3, -0.25) is 0 Å². The predicted octanol–water partition coefficient (Wildman–Crippen LogP) is 2.82. The van der Waals surface area contributed by atoms with Crippen LogP contribution in [0, 0.1) is 0 Å². The van der Waals surface area contributed by atoms with E-state index in [1.807, 2.05) is 18.2 Å². The number of benzene rings is 1. The molecule has 18 heavy (non-hydrogen) atoms. The Hall–Kier alpha value is -1.39. The van der Waals surface area contributed by atoms with Crippen molar-refractivity contribution in [2.75, 3.05) is 0 Å². The van der Waals surface area contributed by atoms with Crippen LogP contribution in [-0.4, -0.2) is 10.1 Å². The fourth-order valence-corrected chi connectivity index (χ4v) is 2.13. The molecule has 0 amide bonds. The Morgan fingerprint density at radius 3 is 2.78 bits per heavy atom. The molecule has 2 aromatic rings. The van der Waals surface area contributed by atoms with Crippen molar-refractivity contribution in [1.29, 1.82) is 0 Å². The van der Waals surface area contributed by atoms with Crippen LogP contribution < -0.4 is 5.73 Å². The maximum Gasteiger partial charge on any atom is 0.248 e. The molecule has 1 atom stereocenters. The summed E-state index contributed by atoms with van der Waals surface area (Å²) in [7, 11) is 0. The van der Waals surface area contributed by atoms with Gasteiger partial charge < -0.3 is 10.3 Å². The molecular weight excluding hydrogens is 250 g/mol. The lowest BCUT2D eigenvalue weighted by Crippen LogP contribution is -2.13. The normalized spacial score (nSPS) is 18.6. The zero-order chi connectivity index (χ0) is 12.8. The van der Waals surface area contributed by atoms with Gasteiger partial charge in [0.05, 0.1) is 0 Å². The van der Waals surface area contributed by atoms with E-state index in [1.165, 1.54) is 0 Å². The van der Waals surface area contributed by atoms with Gasteiger partial charge in [0.15, 0.2) is 5.82 Å². The Labute approximate surface area is 110 Å². The highest BCUT2D eigenvalue weighted by atomic mass is 35.5. The third-order valence-electron chi connectivity index (χ3n) is 3.49. The number of aromatic nitrogens is 2. The van der Waals surface area contributed by atoms with Crippen molar-refractivity contribution >= 4 is 11.6 Å². The Bertz CT molecular complexity index is 577. The number of hydrogen-bond acceptors (Lipinski definition) is 4. The van der Waals surface area contributed by atoms with E-state index in [-0.39, 0.29) is 5.41 Å². The van der Waals surface area contributed by atoms with E-state index >= 15 is 0 Å². The summed E-state index contributed by atoms with van der Waals surface area (Å²) in [6, 6.07) is 6.96. The van der Waals surface area contributed by atoms with Crippen molar-refractivity contribution in [3.8, 4) is 0 Å². The summed E-state index contributed by atoms with van der Waals surface area (Å²) in [5.74, 6) is 1.17. The van der Waals surface area contributed by atoms with Crippen LogP contribution in [0.2, 0.25) is 5.02 Å². The molecule has 0 spiro atoms. The van der Waals surface area contributed by atoms with Crippen LogP contribution in [0.1, 0.15) is 43.1 Å². The third-order valence-corrected chi connectivity index (χ3v) is 3.83. The van der Waals surface area contributed by atoms with E-state index in [4.69, 9.17) is 21.9 Å². The van der Waals surface area contributed by atoms with E-state index in [0.717, 1.165) is 24.2 Å². The summed E-state index contributed by atoms with van der Waals surface area (Å²) in [4.78, 5) is 4.40. The van der Waals surface area contributed by atoms with Crippen molar-refractivity contribution in [3.05, 3.63) is 46.6 Å². The minimum absolute atomic E-state index is 0.0853. The standard InChI is InChI=1S/C13H14ClN3O/c1-13(6-7-13)12-16-11(18-17-12)10(15)8-4-2-3-5-9(8)14/h2-5,10H,6-7,15H2,1H3/t10-/m1/s1. The summed E-state index contributed by atoms with van der Waals surface area (Å²) < 4.78 is 5.26. The van der Waals surface area contributed by atoms with Gasteiger partial charge in [-0.1, -0.05) is 41.9 Å². The quantitative estimate of drug-likeness (QED) is 0.925. The molecular formula is C13H14ClN3O. The monoisotopic (exact) mass is 263 g/mol. The molecule has 1 aliphatic carbocycles. The highest BCUT2D eigenvalue weighted by Gasteiger charge is 2.43. The van der Waals surface area contributed by atoms with Gasteiger partial charge in [-0.25, -0.2) is 0 Å². The molecule has 1 saturated carbocycles. The number of halogens is 1. The van der Waals surface area contributed by atoms with Crippen LogP contribution in [0.3, 0.4) is 0 Å². The fraction of sp³-hybridized carbons (Fsp3) is 0.385. The molecule has 2 N–H and O–H groups in total. The molecule has 1 aromatic carbocycles. The predicted molar refractivity (Wildman–Crippen MR) is 68.4 cm³/mol. The average molecular weight is 264 g/mol. The van der Waals surface area contributed by atoms with E-state index < -0.39 is 6.04 Å². The van der Waals surface area contributed by atoms with Gasteiger partial charge in [0, 0.05) is 10.4 Å². The molecule has 5 heteroatoms.